The van der Waals surface area contributed by atoms with Crippen LogP contribution in [0, 0.1) is 0 Å². The van der Waals surface area contributed by atoms with E-state index in [0.717, 1.165) is 11.1 Å². The minimum Gasteiger partial charge on any atom is -0.485 e. The van der Waals surface area contributed by atoms with Crippen molar-refractivity contribution in [3.63, 3.8) is 0 Å². The number of hydrogen-bond donors (Lipinski definition) is 0. The highest BCUT2D eigenvalue weighted by Gasteiger charge is 2.48. The predicted octanol–water partition coefficient (Wildman–Crippen LogP) is 3.79. The van der Waals surface area contributed by atoms with Gasteiger partial charge < -0.3 is 9.64 Å². The Balaban J connectivity index is 1.65. The molecule has 1 saturated heterocycles. The number of ether oxygens (including phenoxy) is 1. The molecule has 0 N–H and O–H groups in total. The summed E-state index contributed by atoms with van der Waals surface area (Å²) in [5, 5.41) is 0.628. The zero-order valence-corrected chi connectivity index (χ0v) is 13.2. The van der Waals surface area contributed by atoms with E-state index in [1.165, 1.54) is 0 Å². The molecule has 4 heteroatoms. The summed E-state index contributed by atoms with van der Waals surface area (Å²) in [6, 6.07) is 19.6. The van der Waals surface area contributed by atoms with Gasteiger partial charge in [-0.15, -0.1) is 0 Å². The van der Waals surface area contributed by atoms with Gasteiger partial charge in [0.25, 0.3) is 0 Å². The number of benzene rings is 2. The van der Waals surface area contributed by atoms with E-state index in [-0.39, 0.29) is 18.1 Å². The van der Waals surface area contributed by atoms with Crippen LogP contribution in [0.4, 0.5) is 0 Å². The molecule has 4 rings (SSSR count). The molecule has 0 unspecified atom stereocenters. The summed E-state index contributed by atoms with van der Waals surface area (Å²) in [4.78, 5) is 14.2. The summed E-state index contributed by atoms with van der Waals surface area (Å²) in [7, 11) is 0. The lowest BCUT2D eigenvalue weighted by Gasteiger charge is -2.23. The lowest BCUT2D eigenvalue weighted by atomic mass is 10.1. The molecular weight excluding hydrogens is 310 g/mol. The first-order valence-corrected chi connectivity index (χ1v) is 8.07. The number of amides is 1. The second-order valence-electron chi connectivity index (χ2n) is 5.86. The maximum absolute atomic E-state index is 12.3. The van der Waals surface area contributed by atoms with Crippen LogP contribution in [0.3, 0.4) is 0 Å². The summed E-state index contributed by atoms with van der Waals surface area (Å²) >= 11 is 6.60. The zero-order chi connectivity index (χ0) is 15.8. The molecule has 1 amide bonds. The number of nitrogens with zero attached hydrogens (tertiary/aromatic N) is 1. The second kappa shape index (κ2) is 5.74. The molecule has 0 saturated carbocycles. The molecule has 0 aliphatic carbocycles. The Morgan fingerprint density at radius 3 is 2.39 bits per heavy atom. The minimum absolute atomic E-state index is 0.0918. The lowest BCUT2D eigenvalue weighted by molar-refractivity contribution is -0.129. The smallest absolute Gasteiger partial charge is 0.227 e. The van der Waals surface area contributed by atoms with Gasteiger partial charge in [0, 0.05) is 12.1 Å². The van der Waals surface area contributed by atoms with Crippen LogP contribution in [0.15, 0.2) is 65.7 Å². The van der Waals surface area contributed by atoms with E-state index in [1.807, 2.05) is 65.6 Å². The van der Waals surface area contributed by atoms with Gasteiger partial charge in [0.2, 0.25) is 5.91 Å². The van der Waals surface area contributed by atoms with Crippen molar-refractivity contribution in [2.45, 2.75) is 25.1 Å². The van der Waals surface area contributed by atoms with Crippen molar-refractivity contribution >= 4 is 23.3 Å². The third-order valence-corrected chi connectivity index (χ3v) is 4.76. The molecule has 2 aromatic carbocycles. The zero-order valence-electron chi connectivity index (χ0n) is 12.5. The summed E-state index contributed by atoms with van der Waals surface area (Å²) in [6.45, 7) is 0.558. The fourth-order valence-corrected chi connectivity index (χ4v) is 3.68. The molecule has 2 atom stereocenters. The van der Waals surface area contributed by atoms with Gasteiger partial charge in [0.05, 0.1) is 11.5 Å². The van der Waals surface area contributed by atoms with Gasteiger partial charge in [0.15, 0.2) is 0 Å². The number of fused-ring (bicyclic) bond motifs is 1. The van der Waals surface area contributed by atoms with Crippen molar-refractivity contribution in [1.82, 2.24) is 4.90 Å². The van der Waals surface area contributed by atoms with Crippen molar-refractivity contribution in [3.05, 3.63) is 76.8 Å². The molecule has 0 bridgehead atoms. The van der Waals surface area contributed by atoms with Crippen LogP contribution >= 0.6 is 11.6 Å². The molecule has 23 heavy (non-hydrogen) atoms. The third kappa shape index (κ3) is 2.51. The van der Waals surface area contributed by atoms with Gasteiger partial charge in [-0.05, 0) is 5.56 Å². The van der Waals surface area contributed by atoms with Crippen LogP contribution in [0.5, 0.6) is 0 Å². The fraction of sp³-hybridized carbons (Fsp3) is 0.211. The Morgan fingerprint density at radius 1 is 1.04 bits per heavy atom. The molecule has 2 aliphatic heterocycles. The van der Waals surface area contributed by atoms with Gasteiger partial charge in [-0.3, -0.25) is 4.79 Å². The Morgan fingerprint density at radius 2 is 1.70 bits per heavy atom. The molecule has 2 aliphatic rings. The highest BCUT2D eigenvalue weighted by Crippen LogP contribution is 2.43. The number of likely N-dealkylation sites (tertiary alicyclic amines) is 1. The quantitative estimate of drug-likeness (QED) is 0.859. The maximum Gasteiger partial charge on any atom is 0.227 e. The third-order valence-electron chi connectivity index (χ3n) is 4.36. The Hall–Kier alpha value is -2.26. The fourth-order valence-electron chi connectivity index (χ4n) is 3.27. The van der Waals surface area contributed by atoms with Gasteiger partial charge in [-0.25, -0.2) is 0 Å². The summed E-state index contributed by atoms with van der Waals surface area (Å²) in [6.07, 6.45) is 0.193. The molecule has 1 fully saturated rings. The summed E-state index contributed by atoms with van der Waals surface area (Å²) < 4.78 is 6.01. The molecular formula is C19H16ClNO2. The average molecular weight is 326 g/mol. The first-order valence-electron chi connectivity index (χ1n) is 7.69. The minimum atomic E-state index is -0.186. The van der Waals surface area contributed by atoms with E-state index in [9.17, 15) is 4.79 Å². The SMILES string of the molecule is O=C1C[C@@H]2OC(c3ccccc3)=C(Cl)[C@@H]2N1Cc1ccccc1. The number of carbonyl (C=O) groups is 1. The van der Waals surface area contributed by atoms with E-state index in [2.05, 4.69) is 0 Å². The van der Waals surface area contributed by atoms with Crippen LogP contribution in [-0.4, -0.2) is 23.0 Å². The topological polar surface area (TPSA) is 29.5 Å². The Labute approximate surface area is 140 Å². The van der Waals surface area contributed by atoms with Crippen LogP contribution in [0.25, 0.3) is 5.76 Å². The Kier molecular flexibility index (Phi) is 3.58. The molecule has 0 aromatic heterocycles. The molecule has 2 heterocycles. The van der Waals surface area contributed by atoms with Crippen molar-refractivity contribution < 1.29 is 9.53 Å². The highest BCUT2D eigenvalue weighted by atomic mass is 35.5. The number of hydrogen-bond acceptors (Lipinski definition) is 2. The van der Waals surface area contributed by atoms with Crippen molar-refractivity contribution in [1.29, 1.82) is 0 Å². The van der Waals surface area contributed by atoms with Crippen LogP contribution in [0.1, 0.15) is 17.5 Å². The van der Waals surface area contributed by atoms with E-state index < -0.39 is 0 Å². The van der Waals surface area contributed by atoms with E-state index in [4.69, 9.17) is 16.3 Å². The molecule has 0 spiro atoms. The average Bonchev–Trinajstić information content (AvgIpc) is 3.06. The molecule has 0 radical (unpaired) electrons. The first-order chi connectivity index (χ1) is 11.2. The summed E-state index contributed by atoms with van der Waals surface area (Å²) in [5.74, 6) is 0.793. The van der Waals surface area contributed by atoms with E-state index >= 15 is 0 Å². The number of halogens is 1. The molecule has 116 valence electrons. The number of carbonyl (C=O) groups excluding carboxylic acids is 1. The standard InChI is InChI=1S/C19H16ClNO2/c20-17-18-15(23-19(17)14-9-5-2-6-10-14)11-16(22)21(18)12-13-7-3-1-4-8-13/h1-10,15,18H,11-12H2/t15-,18+/m0/s1. The predicted molar refractivity (Wildman–Crippen MR) is 89.5 cm³/mol. The first kappa shape index (κ1) is 14.3. The van der Waals surface area contributed by atoms with Crippen LogP contribution in [0.2, 0.25) is 0 Å². The second-order valence-corrected chi connectivity index (χ2v) is 6.26. The van der Waals surface area contributed by atoms with Gasteiger partial charge >= 0.3 is 0 Å². The van der Waals surface area contributed by atoms with Gasteiger partial charge in [0.1, 0.15) is 17.9 Å². The monoisotopic (exact) mass is 325 g/mol. The highest BCUT2D eigenvalue weighted by molar-refractivity contribution is 6.33. The molecule has 2 aromatic rings. The normalized spacial score (nSPS) is 23.2. The largest absolute Gasteiger partial charge is 0.485 e. The number of rotatable bonds is 3. The van der Waals surface area contributed by atoms with Crippen LogP contribution in [-0.2, 0) is 16.1 Å². The molecule has 3 nitrogen and oxygen atoms in total. The van der Waals surface area contributed by atoms with Crippen molar-refractivity contribution in [2.75, 3.05) is 0 Å². The summed E-state index contributed by atoms with van der Waals surface area (Å²) in [5.41, 5.74) is 2.05. The van der Waals surface area contributed by atoms with Gasteiger partial charge in [-0.1, -0.05) is 72.3 Å². The Bertz CT molecular complexity index is 757. The van der Waals surface area contributed by atoms with Crippen molar-refractivity contribution in [3.8, 4) is 0 Å². The van der Waals surface area contributed by atoms with Gasteiger partial charge in [-0.2, -0.15) is 0 Å². The van der Waals surface area contributed by atoms with Crippen molar-refractivity contribution in [2.24, 2.45) is 0 Å². The van der Waals surface area contributed by atoms with E-state index in [1.54, 1.807) is 0 Å². The maximum atomic E-state index is 12.3. The van der Waals surface area contributed by atoms with E-state index in [0.29, 0.717) is 23.8 Å². The lowest BCUT2D eigenvalue weighted by Crippen LogP contribution is -2.35. The van der Waals surface area contributed by atoms with Crippen LogP contribution < -0.4 is 0 Å².